The van der Waals surface area contributed by atoms with E-state index in [0.717, 1.165) is 6.42 Å². The minimum absolute atomic E-state index is 0.254. The van der Waals surface area contributed by atoms with E-state index in [4.69, 9.17) is 9.94 Å². The number of rotatable bonds is 7. The highest BCUT2D eigenvalue weighted by Gasteiger charge is 2.37. The maximum atomic E-state index is 11.7. The van der Waals surface area contributed by atoms with Crippen LogP contribution in [0.2, 0.25) is 0 Å². The standard InChI is InChI=1S/C14H21NO4/c1-3-5-10-14(17,13(16)15-18)11-6-8-12(9-7-11)19-4-2/h6-9,17-18H,3-5,10H2,1-2H3,(H,15,16). The minimum Gasteiger partial charge on any atom is -0.494 e. The second-order valence-electron chi connectivity index (χ2n) is 4.36. The lowest BCUT2D eigenvalue weighted by Gasteiger charge is -2.26. The van der Waals surface area contributed by atoms with Gasteiger partial charge in [0.05, 0.1) is 6.61 Å². The lowest BCUT2D eigenvalue weighted by Crippen LogP contribution is -2.43. The Morgan fingerprint density at radius 2 is 1.95 bits per heavy atom. The predicted molar refractivity (Wildman–Crippen MR) is 71.0 cm³/mol. The zero-order chi connectivity index (χ0) is 14.3. The summed E-state index contributed by atoms with van der Waals surface area (Å²) in [5.74, 6) is -0.140. The van der Waals surface area contributed by atoms with E-state index in [2.05, 4.69) is 0 Å². The van der Waals surface area contributed by atoms with Gasteiger partial charge in [0.25, 0.3) is 5.91 Å². The Balaban J connectivity index is 2.99. The van der Waals surface area contributed by atoms with Crippen LogP contribution in [0.15, 0.2) is 24.3 Å². The molecule has 3 N–H and O–H groups in total. The number of carbonyl (C=O) groups is 1. The topological polar surface area (TPSA) is 78.8 Å². The van der Waals surface area contributed by atoms with E-state index in [9.17, 15) is 9.90 Å². The molecule has 1 aromatic rings. The van der Waals surface area contributed by atoms with Crippen LogP contribution in [0.25, 0.3) is 0 Å². The molecule has 0 saturated carbocycles. The van der Waals surface area contributed by atoms with Crippen LogP contribution >= 0.6 is 0 Å². The van der Waals surface area contributed by atoms with Crippen LogP contribution in [-0.2, 0) is 10.4 Å². The van der Waals surface area contributed by atoms with Gasteiger partial charge in [-0.1, -0.05) is 25.5 Å². The van der Waals surface area contributed by atoms with Crippen molar-refractivity contribution >= 4 is 5.91 Å². The second-order valence-corrected chi connectivity index (χ2v) is 4.36. The van der Waals surface area contributed by atoms with Gasteiger partial charge < -0.3 is 9.84 Å². The zero-order valence-corrected chi connectivity index (χ0v) is 11.3. The van der Waals surface area contributed by atoms with E-state index in [-0.39, 0.29) is 6.42 Å². The number of unbranched alkanes of at least 4 members (excludes halogenated alkanes) is 1. The first-order chi connectivity index (χ1) is 9.08. The SMILES string of the molecule is CCCCC(O)(C(=O)NO)c1ccc(OCC)cc1. The monoisotopic (exact) mass is 267 g/mol. The van der Waals surface area contributed by atoms with E-state index < -0.39 is 11.5 Å². The second kappa shape index (κ2) is 7.11. The first-order valence-electron chi connectivity index (χ1n) is 6.48. The van der Waals surface area contributed by atoms with Crippen molar-refractivity contribution in [3.63, 3.8) is 0 Å². The highest BCUT2D eigenvalue weighted by molar-refractivity contribution is 5.85. The van der Waals surface area contributed by atoms with Gasteiger partial charge in [0.1, 0.15) is 5.75 Å². The molecule has 1 unspecified atom stereocenters. The van der Waals surface area contributed by atoms with Crippen molar-refractivity contribution in [1.82, 2.24) is 5.48 Å². The molecule has 1 aromatic carbocycles. The molecule has 0 aliphatic rings. The number of ether oxygens (including phenoxy) is 1. The third kappa shape index (κ3) is 3.68. The lowest BCUT2D eigenvalue weighted by atomic mass is 9.88. The van der Waals surface area contributed by atoms with Gasteiger partial charge in [-0.3, -0.25) is 10.0 Å². The van der Waals surface area contributed by atoms with E-state index in [1.165, 1.54) is 5.48 Å². The van der Waals surface area contributed by atoms with Crippen LogP contribution in [-0.4, -0.2) is 22.8 Å². The number of aliphatic hydroxyl groups is 1. The van der Waals surface area contributed by atoms with Crippen LogP contribution in [0.1, 0.15) is 38.7 Å². The van der Waals surface area contributed by atoms with Crippen molar-refractivity contribution in [1.29, 1.82) is 0 Å². The van der Waals surface area contributed by atoms with Crippen molar-refractivity contribution in [2.24, 2.45) is 0 Å². The quantitative estimate of drug-likeness (QED) is 0.521. The fourth-order valence-electron chi connectivity index (χ4n) is 1.91. The summed E-state index contributed by atoms with van der Waals surface area (Å²) < 4.78 is 5.31. The Kier molecular flexibility index (Phi) is 5.79. The van der Waals surface area contributed by atoms with Crippen molar-refractivity contribution in [2.45, 2.75) is 38.7 Å². The number of hydrogen-bond donors (Lipinski definition) is 3. The fraction of sp³-hybridized carbons (Fsp3) is 0.500. The van der Waals surface area contributed by atoms with Crippen LogP contribution in [0.5, 0.6) is 5.75 Å². The molecule has 19 heavy (non-hydrogen) atoms. The Morgan fingerprint density at radius 1 is 1.32 bits per heavy atom. The molecule has 0 bridgehead atoms. The summed E-state index contributed by atoms with van der Waals surface area (Å²) >= 11 is 0. The molecule has 1 atom stereocenters. The average Bonchev–Trinajstić information content (AvgIpc) is 2.45. The molecule has 1 amide bonds. The van der Waals surface area contributed by atoms with E-state index in [1.807, 2.05) is 13.8 Å². The molecule has 5 heteroatoms. The molecule has 0 radical (unpaired) electrons. The molecule has 5 nitrogen and oxygen atoms in total. The third-order valence-electron chi connectivity index (χ3n) is 3.01. The maximum absolute atomic E-state index is 11.7. The molecule has 0 spiro atoms. The Labute approximate surface area is 113 Å². The highest BCUT2D eigenvalue weighted by Crippen LogP contribution is 2.29. The fourth-order valence-corrected chi connectivity index (χ4v) is 1.91. The van der Waals surface area contributed by atoms with Crippen LogP contribution in [0.4, 0.5) is 0 Å². The molecule has 0 saturated heterocycles. The number of nitrogens with one attached hydrogen (secondary N) is 1. The molecule has 1 rings (SSSR count). The first kappa shape index (κ1) is 15.5. The highest BCUT2D eigenvalue weighted by atomic mass is 16.5. The molecular formula is C14H21NO4. The minimum atomic E-state index is -1.71. The summed E-state index contributed by atoms with van der Waals surface area (Å²) in [7, 11) is 0. The number of benzene rings is 1. The van der Waals surface area contributed by atoms with Gasteiger partial charge in [-0.15, -0.1) is 0 Å². The summed E-state index contributed by atoms with van der Waals surface area (Å²) in [5, 5.41) is 19.3. The molecule has 0 aliphatic carbocycles. The van der Waals surface area contributed by atoms with Crippen molar-refractivity contribution in [3.05, 3.63) is 29.8 Å². The summed E-state index contributed by atoms with van der Waals surface area (Å²) in [6, 6.07) is 6.66. The smallest absolute Gasteiger partial charge is 0.279 e. The van der Waals surface area contributed by atoms with Gasteiger partial charge >= 0.3 is 0 Å². The number of carbonyl (C=O) groups excluding carboxylic acids is 1. The zero-order valence-electron chi connectivity index (χ0n) is 11.3. The van der Waals surface area contributed by atoms with Gasteiger partial charge in [-0.05, 0) is 37.5 Å². The molecule has 0 aliphatic heterocycles. The maximum Gasteiger partial charge on any atom is 0.279 e. The van der Waals surface area contributed by atoms with E-state index >= 15 is 0 Å². The van der Waals surface area contributed by atoms with Gasteiger partial charge in [-0.25, -0.2) is 5.48 Å². The van der Waals surface area contributed by atoms with Gasteiger partial charge in [0, 0.05) is 0 Å². The van der Waals surface area contributed by atoms with Crippen LogP contribution in [0.3, 0.4) is 0 Å². The molecule has 0 heterocycles. The molecule has 0 fully saturated rings. The Hall–Kier alpha value is -1.59. The summed E-state index contributed by atoms with van der Waals surface area (Å²) in [4.78, 5) is 11.7. The van der Waals surface area contributed by atoms with Gasteiger partial charge in [0.2, 0.25) is 0 Å². The van der Waals surface area contributed by atoms with Crippen LogP contribution in [0, 0.1) is 0 Å². The summed E-state index contributed by atoms with van der Waals surface area (Å²) in [6.07, 6.45) is 1.78. The van der Waals surface area contributed by atoms with Crippen molar-refractivity contribution in [3.8, 4) is 5.75 Å². The number of hydroxylamine groups is 1. The summed E-state index contributed by atoms with van der Waals surface area (Å²) in [6.45, 7) is 4.40. The number of hydrogen-bond acceptors (Lipinski definition) is 4. The third-order valence-corrected chi connectivity index (χ3v) is 3.01. The number of amides is 1. The summed E-state index contributed by atoms with van der Waals surface area (Å²) in [5.41, 5.74) is 0.260. The molecule has 0 aromatic heterocycles. The van der Waals surface area contributed by atoms with E-state index in [1.54, 1.807) is 24.3 Å². The normalized spacial score (nSPS) is 13.7. The van der Waals surface area contributed by atoms with Gasteiger partial charge in [0.15, 0.2) is 5.60 Å². The van der Waals surface area contributed by atoms with E-state index in [0.29, 0.717) is 24.3 Å². The average molecular weight is 267 g/mol. The van der Waals surface area contributed by atoms with Gasteiger partial charge in [-0.2, -0.15) is 0 Å². The predicted octanol–water partition coefficient (Wildman–Crippen LogP) is 1.97. The molecule has 106 valence electrons. The Morgan fingerprint density at radius 3 is 2.42 bits per heavy atom. The lowest BCUT2D eigenvalue weighted by molar-refractivity contribution is -0.150. The molecular weight excluding hydrogens is 246 g/mol. The van der Waals surface area contributed by atoms with Crippen molar-refractivity contribution in [2.75, 3.05) is 6.61 Å². The van der Waals surface area contributed by atoms with Crippen LogP contribution < -0.4 is 10.2 Å². The largest absolute Gasteiger partial charge is 0.494 e. The van der Waals surface area contributed by atoms with Crippen molar-refractivity contribution < 1.29 is 19.8 Å². The first-order valence-corrected chi connectivity index (χ1v) is 6.48. The Bertz CT molecular complexity index is 404.